The van der Waals surface area contributed by atoms with Crippen molar-refractivity contribution in [2.75, 3.05) is 6.61 Å². The highest BCUT2D eigenvalue weighted by atomic mass is 79.9. The summed E-state index contributed by atoms with van der Waals surface area (Å²) in [6.07, 6.45) is -4.83. The van der Waals surface area contributed by atoms with Crippen LogP contribution in [0.3, 0.4) is 0 Å². The second kappa shape index (κ2) is 5.89. The van der Waals surface area contributed by atoms with Crippen LogP contribution in [0, 0.1) is 0 Å². The molecule has 1 aliphatic heterocycles. The molecule has 1 aromatic carbocycles. The third kappa shape index (κ3) is 2.74. The van der Waals surface area contributed by atoms with E-state index < -0.39 is 34.7 Å². The fourth-order valence-corrected chi connectivity index (χ4v) is 3.17. The molecule has 1 aliphatic rings. The lowest BCUT2D eigenvalue weighted by molar-refractivity contribution is -0.304. The number of hydrogen-bond donors (Lipinski definition) is 5. The molecule has 9 heteroatoms. The average molecular weight is 409 g/mol. The highest BCUT2D eigenvalue weighted by molar-refractivity contribution is 9.10. The van der Waals surface area contributed by atoms with Crippen molar-refractivity contribution in [2.45, 2.75) is 28.1 Å². The zero-order valence-electron chi connectivity index (χ0n) is 11.7. The van der Waals surface area contributed by atoms with Gasteiger partial charge in [0.2, 0.25) is 5.06 Å². The summed E-state index contributed by atoms with van der Waals surface area (Å²) in [5.74, 6) is 0.233. The molecule has 0 radical (unpaired) electrons. The van der Waals surface area contributed by atoms with Gasteiger partial charge in [0.25, 0.3) is 0 Å². The molecule has 1 aromatic heterocycles. The van der Waals surface area contributed by atoms with E-state index in [2.05, 4.69) is 20.9 Å². The van der Waals surface area contributed by atoms with Crippen LogP contribution >= 0.6 is 27.5 Å². The van der Waals surface area contributed by atoms with Gasteiger partial charge in [0, 0.05) is 17.0 Å². The molecule has 5 atom stereocenters. The highest BCUT2D eigenvalue weighted by Crippen LogP contribution is 2.46. The van der Waals surface area contributed by atoms with Gasteiger partial charge in [-0.25, -0.2) is 0 Å². The van der Waals surface area contributed by atoms with E-state index in [1.807, 2.05) is 24.3 Å². The minimum atomic E-state index is -2.35. The van der Waals surface area contributed by atoms with Gasteiger partial charge in [-0.05, 0) is 22.0 Å². The number of aromatic amines is 1. The van der Waals surface area contributed by atoms with Crippen LogP contribution in [-0.2, 0) is 4.74 Å². The van der Waals surface area contributed by atoms with Crippen LogP contribution in [0.1, 0.15) is 0 Å². The second-order valence-corrected chi connectivity index (χ2v) is 7.18. The number of para-hydroxylation sites is 1. The maximum absolute atomic E-state index is 10.5. The number of alkyl halides is 2. The summed E-state index contributed by atoms with van der Waals surface area (Å²) in [6, 6.07) is 9.02. The van der Waals surface area contributed by atoms with Crippen molar-refractivity contribution in [3.8, 4) is 5.88 Å². The summed E-state index contributed by atoms with van der Waals surface area (Å²) >= 11 is 9.03. The van der Waals surface area contributed by atoms with Gasteiger partial charge in [0.1, 0.15) is 6.10 Å². The van der Waals surface area contributed by atoms with Crippen LogP contribution in [0.25, 0.3) is 10.9 Å². The van der Waals surface area contributed by atoms with Gasteiger partial charge in [-0.2, -0.15) is 0 Å². The van der Waals surface area contributed by atoms with Gasteiger partial charge in [-0.3, -0.25) is 0 Å². The standard InChI is InChI=1S/C14H15BrClNO6/c15-13(6-18)14(16,21)11(10(19)12(20)23-13)22-9-5-7-3-1-2-4-8(7)17-9/h1-5,10-12,17-21H,6H2/t10-,11-,12-,13-,14-/m1/s1. The third-order valence-corrected chi connectivity index (χ3v) is 5.56. The first-order valence-electron chi connectivity index (χ1n) is 6.78. The van der Waals surface area contributed by atoms with Crippen molar-refractivity contribution >= 4 is 38.4 Å². The summed E-state index contributed by atoms with van der Waals surface area (Å²) in [4.78, 5) is 2.96. The molecule has 0 saturated carbocycles. The SMILES string of the molecule is OC[C@@]1(Br)O[C@@H](O)[C@H](O)[C@@H](Oc2cc3ccccc3[nH]2)[C@]1(O)Cl. The molecule has 1 saturated heterocycles. The Morgan fingerprint density at radius 1 is 1.35 bits per heavy atom. The van der Waals surface area contributed by atoms with E-state index in [1.165, 1.54) is 0 Å². The molecule has 0 bridgehead atoms. The molecule has 5 N–H and O–H groups in total. The van der Waals surface area contributed by atoms with E-state index in [4.69, 9.17) is 21.1 Å². The predicted molar refractivity (Wildman–Crippen MR) is 85.4 cm³/mol. The summed E-state index contributed by atoms with van der Waals surface area (Å²) < 4.78 is 8.64. The molecule has 2 aromatic rings. The number of hydrogen-bond acceptors (Lipinski definition) is 6. The molecule has 23 heavy (non-hydrogen) atoms. The monoisotopic (exact) mass is 407 g/mol. The van der Waals surface area contributed by atoms with Crippen molar-refractivity contribution in [2.24, 2.45) is 0 Å². The first kappa shape index (κ1) is 17.0. The Morgan fingerprint density at radius 2 is 2.04 bits per heavy atom. The number of nitrogens with one attached hydrogen (secondary N) is 1. The topological polar surface area (TPSA) is 115 Å². The van der Waals surface area contributed by atoms with Crippen LogP contribution in [0.5, 0.6) is 5.88 Å². The molecule has 3 rings (SSSR count). The van der Waals surface area contributed by atoms with Crippen molar-refractivity contribution in [1.29, 1.82) is 0 Å². The van der Waals surface area contributed by atoms with Crippen LogP contribution < -0.4 is 4.74 Å². The van der Waals surface area contributed by atoms with Gasteiger partial charge in [-0.15, -0.1) is 0 Å². The minimum Gasteiger partial charge on any atom is -0.468 e. The Kier molecular flexibility index (Phi) is 4.35. The number of rotatable bonds is 3. The van der Waals surface area contributed by atoms with Crippen LogP contribution in [0.2, 0.25) is 0 Å². The number of aliphatic hydroxyl groups is 4. The number of aliphatic hydroxyl groups excluding tert-OH is 3. The minimum absolute atomic E-state index is 0.233. The molecule has 2 heterocycles. The number of H-pyrrole nitrogens is 1. The Labute approximate surface area is 144 Å². The predicted octanol–water partition coefficient (Wildman–Crippen LogP) is 0.636. The molecule has 126 valence electrons. The maximum atomic E-state index is 10.5. The van der Waals surface area contributed by atoms with Crippen molar-refractivity contribution in [3.05, 3.63) is 30.3 Å². The number of aromatic nitrogens is 1. The van der Waals surface area contributed by atoms with Crippen molar-refractivity contribution in [1.82, 2.24) is 4.98 Å². The van der Waals surface area contributed by atoms with E-state index in [0.717, 1.165) is 10.9 Å². The third-order valence-electron chi connectivity index (χ3n) is 3.77. The lowest BCUT2D eigenvalue weighted by atomic mass is 9.98. The van der Waals surface area contributed by atoms with Crippen molar-refractivity contribution < 1.29 is 29.9 Å². The molecule has 1 fully saturated rings. The first-order valence-corrected chi connectivity index (χ1v) is 7.95. The molecule has 0 spiro atoms. The Balaban J connectivity index is 1.95. The number of benzene rings is 1. The van der Waals surface area contributed by atoms with Gasteiger partial charge < -0.3 is 34.9 Å². The summed E-state index contributed by atoms with van der Waals surface area (Å²) in [6.45, 7) is -0.761. The van der Waals surface area contributed by atoms with E-state index in [1.54, 1.807) is 6.07 Å². The Bertz CT molecular complexity index is 676. The van der Waals surface area contributed by atoms with E-state index >= 15 is 0 Å². The zero-order valence-corrected chi connectivity index (χ0v) is 14.0. The quantitative estimate of drug-likeness (QED) is 0.476. The Hall–Kier alpha value is -0.870. The van der Waals surface area contributed by atoms with Gasteiger partial charge in [0.05, 0.1) is 6.61 Å². The fourth-order valence-electron chi connectivity index (χ4n) is 2.47. The lowest BCUT2D eigenvalue weighted by Gasteiger charge is -2.49. The lowest BCUT2D eigenvalue weighted by Crippen LogP contribution is -2.70. The van der Waals surface area contributed by atoms with Gasteiger partial charge in [0.15, 0.2) is 22.8 Å². The average Bonchev–Trinajstić information content (AvgIpc) is 2.92. The summed E-state index contributed by atoms with van der Waals surface area (Å²) in [7, 11) is 0. The van der Waals surface area contributed by atoms with E-state index in [-0.39, 0.29) is 5.88 Å². The van der Waals surface area contributed by atoms with E-state index in [0.29, 0.717) is 0 Å². The molecule has 0 amide bonds. The maximum Gasteiger partial charge on any atom is 0.220 e. The van der Waals surface area contributed by atoms with Crippen LogP contribution in [0.15, 0.2) is 30.3 Å². The zero-order chi connectivity index (χ0) is 16.8. The van der Waals surface area contributed by atoms with Crippen LogP contribution in [0.4, 0.5) is 0 Å². The second-order valence-electron chi connectivity index (χ2n) is 5.32. The van der Waals surface area contributed by atoms with Crippen molar-refractivity contribution in [3.63, 3.8) is 0 Å². The van der Waals surface area contributed by atoms with Crippen LogP contribution in [-0.4, -0.2) is 60.1 Å². The molecule has 0 aliphatic carbocycles. The summed E-state index contributed by atoms with van der Waals surface area (Å²) in [5.41, 5.74) is 0.787. The summed E-state index contributed by atoms with van der Waals surface area (Å²) in [5, 5.41) is 38.3. The normalized spacial score (nSPS) is 37.9. The van der Waals surface area contributed by atoms with Gasteiger partial charge >= 0.3 is 0 Å². The smallest absolute Gasteiger partial charge is 0.220 e. The van der Waals surface area contributed by atoms with Gasteiger partial charge in [-0.1, -0.05) is 29.8 Å². The molecule has 0 unspecified atom stereocenters. The first-order chi connectivity index (χ1) is 10.8. The fraction of sp³-hybridized carbons (Fsp3) is 0.429. The largest absolute Gasteiger partial charge is 0.468 e. The molecular weight excluding hydrogens is 394 g/mol. The van der Waals surface area contributed by atoms with E-state index in [9.17, 15) is 20.4 Å². The molecular formula is C14H15BrClNO6. The molecule has 7 nitrogen and oxygen atoms in total. The number of halogens is 2. The Morgan fingerprint density at radius 3 is 2.70 bits per heavy atom. The number of ether oxygens (including phenoxy) is 2. The highest BCUT2D eigenvalue weighted by Gasteiger charge is 2.64. The number of fused-ring (bicyclic) bond motifs is 1.